The maximum absolute atomic E-state index is 9.73. The second-order valence-electron chi connectivity index (χ2n) is 7.10. The van der Waals surface area contributed by atoms with E-state index in [0.29, 0.717) is 50.9 Å². The minimum atomic E-state index is 0. The summed E-state index contributed by atoms with van der Waals surface area (Å²) in [4.78, 5) is 8.33. The number of phenols is 2. The number of benzene rings is 2. The van der Waals surface area contributed by atoms with Crippen molar-refractivity contribution in [3.63, 3.8) is 0 Å². The Balaban J connectivity index is 0. The van der Waals surface area contributed by atoms with Gasteiger partial charge >= 0.3 is 29.6 Å². The smallest absolute Gasteiger partial charge is 1.00 e. The van der Waals surface area contributed by atoms with E-state index in [9.17, 15) is 10.2 Å². The summed E-state index contributed by atoms with van der Waals surface area (Å²) in [6.07, 6.45) is 3.09. The standard InChI is InChI=1S/C13H14ClNO3.C10H7Cl2NO2.2CH4.Na.H/c1-8(2)17-6-10-7-18-13(15-10)11-5-9(14)3-4-12(11)16;11-4-7-5-15-10(13-7)8-3-6(12)1-2-9(8)14;;;;/h3-5,7-8,16H,6H2,1-2H3;1-3,5,14H,4H2;2*1H4;;/q;;;;+1;-1. The predicted octanol–water partition coefficient (Wildman–Crippen LogP) is 5.45. The minimum Gasteiger partial charge on any atom is -1.00 e. The van der Waals surface area contributed by atoms with Gasteiger partial charge in [0.25, 0.3) is 0 Å². The van der Waals surface area contributed by atoms with E-state index in [1.807, 2.05) is 13.8 Å². The number of aromatic nitrogens is 2. The molecule has 4 aromatic rings. The number of oxazole rings is 2. The number of halogens is 3. The fraction of sp³-hybridized carbons (Fsp3) is 0.280. The van der Waals surface area contributed by atoms with Crippen LogP contribution in [0, 0.1) is 0 Å². The average Bonchev–Trinajstić information content (AvgIpc) is 3.46. The molecule has 0 atom stereocenters. The summed E-state index contributed by atoms with van der Waals surface area (Å²) in [7, 11) is 0. The molecule has 192 valence electrons. The van der Waals surface area contributed by atoms with Crippen LogP contribution in [0.5, 0.6) is 11.5 Å². The van der Waals surface area contributed by atoms with Gasteiger partial charge in [-0.15, -0.1) is 11.6 Å². The number of phenolic OH excluding ortho intramolecular Hbond substituents is 2. The molecule has 0 bridgehead atoms. The zero-order chi connectivity index (χ0) is 24.0. The first kappa shape index (κ1) is 34.3. The van der Waals surface area contributed by atoms with Gasteiger partial charge in [0, 0.05) is 10.0 Å². The molecule has 2 aromatic heterocycles. The van der Waals surface area contributed by atoms with E-state index in [0.717, 1.165) is 0 Å². The number of ether oxygens (including phenoxy) is 1. The van der Waals surface area contributed by atoms with Crippen LogP contribution in [-0.4, -0.2) is 26.3 Å². The van der Waals surface area contributed by atoms with Gasteiger partial charge in [-0.1, -0.05) is 38.1 Å². The third kappa shape index (κ3) is 9.63. The minimum absolute atomic E-state index is 0. The molecule has 0 aliphatic heterocycles. The van der Waals surface area contributed by atoms with Crippen LogP contribution in [0.15, 0.2) is 57.8 Å². The van der Waals surface area contributed by atoms with Crippen molar-refractivity contribution < 1.29 is 54.8 Å². The quantitative estimate of drug-likeness (QED) is 0.236. The maximum Gasteiger partial charge on any atom is 1.00 e. The number of hydrogen-bond acceptors (Lipinski definition) is 7. The first-order chi connectivity index (χ1) is 15.8. The fourth-order valence-electron chi connectivity index (χ4n) is 2.60. The summed E-state index contributed by atoms with van der Waals surface area (Å²) in [5, 5.41) is 20.3. The van der Waals surface area contributed by atoms with Crippen LogP contribution in [0.1, 0.15) is 41.5 Å². The van der Waals surface area contributed by atoms with Crippen LogP contribution in [0.4, 0.5) is 0 Å². The van der Waals surface area contributed by atoms with Crippen LogP contribution < -0.4 is 29.6 Å². The van der Waals surface area contributed by atoms with Crippen molar-refractivity contribution >= 4 is 34.8 Å². The Morgan fingerprint density at radius 3 is 1.72 bits per heavy atom. The summed E-state index contributed by atoms with van der Waals surface area (Å²) in [6, 6.07) is 9.38. The van der Waals surface area contributed by atoms with Gasteiger partial charge in [0.15, 0.2) is 0 Å². The molecule has 2 N–H and O–H groups in total. The third-order valence-electron chi connectivity index (χ3n) is 4.18. The van der Waals surface area contributed by atoms with Gasteiger partial charge in [0.1, 0.15) is 29.7 Å². The van der Waals surface area contributed by atoms with E-state index < -0.39 is 0 Å². The Morgan fingerprint density at radius 2 is 1.31 bits per heavy atom. The molecule has 2 aromatic carbocycles. The molecule has 7 nitrogen and oxygen atoms in total. The summed E-state index contributed by atoms with van der Waals surface area (Å²) in [5.41, 5.74) is 2.22. The van der Waals surface area contributed by atoms with Gasteiger partial charge in [0.05, 0.1) is 35.4 Å². The van der Waals surface area contributed by atoms with E-state index in [2.05, 4.69) is 9.97 Å². The summed E-state index contributed by atoms with van der Waals surface area (Å²) in [5.74, 6) is 1.06. The molecule has 11 heteroatoms. The van der Waals surface area contributed by atoms with Crippen LogP contribution in [0.25, 0.3) is 22.9 Å². The molecule has 0 aliphatic carbocycles. The van der Waals surface area contributed by atoms with Gasteiger partial charge in [0.2, 0.25) is 11.8 Å². The summed E-state index contributed by atoms with van der Waals surface area (Å²) < 4.78 is 15.9. The monoisotopic (exact) mass is 566 g/mol. The molecule has 2 heterocycles. The Labute approximate surface area is 250 Å². The molecule has 0 amide bonds. The number of nitrogens with zero attached hydrogens (tertiary/aromatic N) is 2. The molecule has 0 unspecified atom stereocenters. The van der Waals surface area contributed by atoms with Crippen molar-refractivity contribution in [2.24, 2.45) is 0 Å². The van der Waals surface area contributed by atoms with Crippen molar-refractivity contribution in [1.82, 2.24) is 9.97 Å². The first-order valence-electron chi connectivity index (χ1n) is 9.81. The molecule has 0 saturated heterocycles. The van der Waals surface area contributed by atoms with Gasteiger partial charge < -0.3 is 25.2 Å². The van der Waals surface area contributed by atoms with Gasteiger partial charge in [-0.05, 0) is 50.2 Å². The summed E-state index contributed by atoms with van der Waals surface area (Å²) >= 11 is 17.3. The molecule has 0 fully saturated rings. The van der Waals surface area contributed by atoms with Gasteiger partial charge in [-0.3, -0.25) is 0 Å². The van der Waals surface area contributed by atoms with E-state index in [1.54, 1.807) is 24.3 Å². The Kier molecular flexibility index (Phi) is 15.4. The summed E-state index contributed by atoms with van der Waals surface area (Å²) in [6.45, 7) is 4.27. The van der Waals surface area contributed by atoms with Gasteiger partial charge in [-0.2, -0.15) is 0 Å². The van der Waals surface area contributed by atoms with Crippen molar-refractivity contribution in [2.45, 2.75) is 47.3 Å². The van der Waals surface area contributed by atoms with Crippen LogP contribution in [-0.2, 0) is 17.2 Å². The predicted molar refractivity (Wildman–Crippen MR) is 141 cm³/mol. The van der Waals surface area contributed by atoms with Crippen LogP contribution in [0.3, 0.4) is 0 Å². The molecule has 0 spiro atoms. The number of alkyl halides is 1. The van der Waals surface area contributed by atoms with Crippen molar-refractivity contribution in [2.75, 3.05) is 0 Å². The molecule has 36 heavy (non-hydrogen) atoms. The second kappa shape index (κ2) is 16.2. The number of aromatic hydroxyl groups is 2. The van der Waals surface area contributed by atoms with Crippen LogP contribution in [0.2, 0.25) is 10.0 Å². The SMILES string of the molecule is C.C.CC(C)OCc1coc(-c2cc(Cl)ccc2O)n1.Oc1ccc(Cl)cc1-c1nc(CCl)co1.[H-].[Na+]. The largest absolute Gasteiger partial charge is 1.00 e. The molecule has 0 saturated carbocycles. The van der Waals surface area contributed by atoms with Crippen LogP contribution >= 0.6 is 34.8 Å². The number of hydrogen-bond donors (Lipinski definition) is 2. The van der Waals surface area contributed by atoms with Crippen molar-refractivity contribution in [1.29, 1.82) is 0 Å². The first-order valence-corrected chi connectivity index (χ1v) is 11.1. The zero-order valence-electron chi connectivity index (χ0n) is 19.8. The van der Waals surface area contributed by atoms with E-state index >= 15 is 0 Å². The zero-order valence-corrected chi connectivity index (χ0v) is 23.0. The van der Waals surface area contributed by atoms with E-state index in [-0.39, 0.29) is 69.3 Å². The molecular formula is C25H30Cl3N2NaO5. The normalized spacial score (nSPS) is 9.94. The van der Waals surface area contributed by atoms with E-state index in [4.69, 9.17) is 48.4 Å². The number of rotatable bonds is 6. The Morgan fingerprint density at radius 1 is 0.861 bits per heavy atom. The Hall–Kier alpha value is -1.71. The van der Waals surface area contributed by atoms with E-state index in [1.165, 1.54) is 24.7 Å². The molecule has 0 radical (unpaired) electrons. The van der Waals surface area contributed by atoms with Crippen molar-refractivity contribution in [3.05, 3.63) is 70.4 Å². The molecular weight excluding hydrogens is 538 g/mol. The third-order valence-corrected chi connectivity index (χ3v) is 4.93. The Bertz CT molecular complexity index is 1220. The van der Waals surface area contributed by atoms with Crippen molar-refractivity contribution in [3.8, 4) is 34.4 Å². The average molecular weight is 568 g/mol. The maximum atomic E-state index is 9.73. The second-order valence-corrected chi connectivity index (χ2v) is 8.24. The fourth-order valence-corrected chi connectivity index (χ4v) is 3.07. The topological polar surface area (TPSA) is 102 Å². The molecule has 4 rings (SSSR count). The van der Waals surface area contributed by atoms with Gasteiger partial charge in [-0.25, -0.2) is 9.97 Å². The molecule has 0 aliphatic rings.